The highest BCUT2D eigenvalue weighted by Crippen LogP contribution is 2.38. The summed E-state index contributed by atoms with van der Waals surface area (Å²) in [7, 11) is 1.37. The zero-order valence-corrected chi connectivity index (χ0v) is 20.3. The number of ether oxygens (including phenoxy) is 2. The largest absolute Gasteiger partial charge is 0.493 e. The van der Waals surface area contributed by atoms with Crippen LogP contribution in [0.3, 0.4) is 0 Å². The molecule has 0 radical (unpaired) electrons. The molecule has 0 bridgehead atoms. The first-order chi connectivity index (χ1) is 16.7. The number of non-ortho nitro benzene ring substituents is 1. The Bertz CT molecular complexity index is 1390. The van der Waals surface area contributed by atoms with Gasteiger partial charge in [0.25, 0.3) is 11.6 Å². The predicted octanol–water partition coefficient (Wildman–Crippen LogP) is 5.78. The molecular formula is C24H15BrClN3O6. The van der Waals surface area contributed by atoms with E-state index in [0.717, 1.165) is 6.07 Å². The Labute approximate surface area is 212 Å². The summed E-state index contributed by atoms with van der Waals surface area (Å²) >= 11 is 9.34. The molecule has 1 amide bonds. The number of hydrogen-bond donors (Lipinski definition) is 1. The van der Waals surface area contributed by atoms with Crippen molar-refractivity contribution in [2.45, 2.75) is 0 Å². The first kappa shape index (κ1) is 25.4. The topological polar surface area (TPSA) is 132 Å². The minimum atomic E-state index is -0.829. The second-order valence-corrected chi connectivity index (χ2v) is 8.10. The van der Waals surface area contributed by atoms with Crippen LogP contribution < -0.4 is 14.8 Å². The number of nitrogens with one attached hydrogen (secondary N) is 1. The van der Waals surface area contributed by atoms with E-state index in [4.69, 9.17) is 21.1 Å². The fourth-order valence-corrected chi connectivity index (χ4v) is 3.58. The van der Waals surface area contributed by atoms with Crippen molar-refractivity contribution in [1.29, 1.82) is 5.26 Å². The van der Waals surface area contributed by atoms with Crippen molar-refractivity contribution in [3.8, 4) is 17.6 Å². The number of nitro groups is 1. The molecular weight excluding hydrogens is 542 g/mol. The average molecular weight is 557 g/mol. The van der Waals surface area contributed by atoms with Gasteiger partial charge in [0.2, 0.25) is 0 Å². The molecule has 176 valence electrons. The molecule has 0 unspecified atom stereocenters. The Morgan fingerprint density at radius 2 is 1.89 bits per heavy atom. The van der Waals surface area contributed by atoms with Gasteiger partial charge in [0.15, 0.2) is 11.5 Å². The zero-order valence-electron chi connectivity index (χ0n) is 18.0. The fraction of sp³-hybridized carbons (Fsp3) is 0.0417. The van der Waals surface area contributed by atoms with Crippen LogP contribution in [0.5, 0.6) is 11.5 Å². The van der Waals surface area contributed by atoms with Gasteiger partial charge in [-0.25, -0.2) is 4.79 Å². The summed E-state index contributed by atoms with van der Waals surface area (Å²) in [4.78, 5) is 35.4. The maximum absolute atomic E-state index is 12.6. The fourth-order valence-electron chi connectivity index (χ4n) is 2.88. The van der Waals surface area contributed by atoms with Gasteiger partial charge in [-0.3, -0.25) is 14.9 Å². The first-order valence-electron chi connectivity index (χ1n) is 9.75. The first-order valence-corrected chi connectivity index (χ1v) is 10.9. The maximum Gasteiger partial charge on any atom is 0.343 e. The van der Waals surface area contributed by atoms with Gasteiger partial charge in [-0.1, -0.05) is 29.8 Å². The van der Waals surface area contributed by atoms with E-state index in [0.29, 0.717) is 15.6 Å². The highest BCUT2D eigenvalue weighted by molar-refractivity contribution is 9.10. The summed E-state index contributed by atoms with van der Waals surface area (Å²) in [6, 6.07) is 16.7. The number of nitrogens with zero attached hydrogens (tertiary/aromatic N) is 2. The van der Waals surface area contributed by atoms with Crippen molar-refractivity contribution in [2.24, 2.45) is 0 Å². The van der Waals surface area contributed by atoms with Crippen LogP contribution >= 0.6 is 27.5 Å². The molecule has 0 aliphatic carbocycles. The van der Waals surface area contributed by atoms with Crippen LogP contribution in [0.25, 0.3) is 6.08 Å². The Hall–Kier alpha value is -4.20. The third kappa shape index (κ3) is 6.23. The van der Waals surface area contributed by atoms with E-state index in [1.807, 2.05) is 0 Å². The third-order valence-corrected chi connectivity index (χ3v) is 5.46. The summed E-state index contributed by atoms with van der Waals surface area (Å²) in [6.07, 6.45) is 1.27. The number of methoxy groups -OCH3 is 1. The molecule has 0 spiro atoms. The molecule has 1 N–H and O–H groups in total. The van der Waals surface area contributed by atoms with Gasteiger partial charge in [-0.2, -0.15) is 5.26 Å². The minimum absolute atomic E-state index is 0.0195. The number of benzene rings is 3. The van der Waals surface area contributed by atoms with E-state index in [9.17, 15) is 25.0 Å². The number of amides is 1. The number of nitro benzene ring substituents is 1. The van der Waals surface area contributed by atoms with Gasteiger partial charge in [0.1, 0.15) is 11.6 Å². The Balaban J connectivity index is 1.88. The van der Waals surface area contributed by atoms with Gasteiger partial charge in [0, 0.05) is 12.1 Å². The van der Waals surface area contributed by atoms with Crippen molar-refractivity contribution < 1.29 is 24.0 Å². The molecule has 11 heteroatoms. The van der Waals surface area contributed by atoms with E-state index in [-0.39, 0.29) is 33.5 Å². The summed E-state index contributed by atoms with van der Waals surface area (Å²) in [5.41, 5.74) is 0.116. The summed E-state index contributed by atoms with van der Waals surface area (Å²) in [5, 5.41) is 23.0. The Morgan fingerprint density at radius 3 is 2.51 bits per heavy atom. The zero-order chi connectivity index (χ0) is 25.5. The number of halogens is 2. The highest BCUT2D eigenvalue weighted by atomic mass is 79.9. The lowest BCUT2D eigenvalue weighted by Crippen LogP contribution is -2.14. The number of nitriles is 1. The number of hydrogen-bond acceptors (Lipinski definition) is 7. The van der Waals surface area contributed by atoms with E-state index in [1.165, 1.54) is 37.5 Å². The molecule has 0 heterocycles. The second kappa shape index (κ2) is 11.3. The molecule has 0 fully saturated rings. The number of rotatable bonds is 7. The molecule has 0 atom stereocenters. The Kier molecular flexibility index (Phi) is 8.20. The predicted molar refractivity (Wildman–Crippen MR) is 132 cm³/mol. The number of carbonyl (C=O) groups is 2. The van der Waals surface area contributed by atoms with E-state index < -0.39 is 16.8 Å². The highest BCUT2D eigenvalue weighted by Gasteiger charge is 2.19. The van der Waals surface area contributed by atoms with Crippen molar-refractivity contribution in [2.75, 3.05) is 12.4 Å². The summed E-state index contributed by atoms with van der Waals surface area (Å²) in [5.74, 6) is -1.14. The lowest BCUT2D eigenvalue weighted by atomic mass is 10.1. The molecule has 0 aromatic heterocycles. The van der Waals surface area contributed by atoms with Crippen molar-refractivity contribution in [1.82, 2.24) is 0 Å². The molecule has 0 saturated heterocycles. The number of esters is 1. The van der Waals surface area contributed by atoms with Gasteiger partial charge in [-0.05, 0) is 57.9 Å². The van der Waals surface area contributed by atoms with Crippen LogP contribution in [0.2, 0.25) is 5.02 Å². The van der Waals surface area contributed by atoms with Crippen LogP contribution in [0.4, 0.5) is 11.4 Å². The Morgan fingerprint density at radius 1 is 1.17 bits per heavy atom. The SMILES string of the molecule is COc1cc(/C=C(\C#N)C(=O)Nc2cc([N+](=O)[O-])ccc2Cl)cc(Br)c1OC(=O)c1ccccc1. The van der Waals surface area contributed by atoms with Crippen LogP contribution in [-0.2, 0) is 4.79 Å². The quantitative estimate of drug-likeness (QED) is 0.0973. The molecule has 0 aliphatic heterocycles. The maximum atomic E-state index is 12.6. The van der Waals surface area contributed by atoms with Crippen molar-refractivity contribution >= 4 is 56.9 Å². The normalized spacial score (nSPS) is 10.7. The number of anilines is 1. The van der Waals surface area contributed by atoms with Gasteiger partial charge >= 0.3 is 5.97 Å². The standard InChI is InChI=1S/C24H15BrClN3O6/c1-34-21-11-14(10-18(25)22(21)35-24(31)15-5-3-2-4-6-15)9-16(13-27)23(30)28-20-12-17(29(32)33)7-8-19(20)26/h2-12H,1H3,(H,28,30)/b16-9+. The molecule has 3 aromatic rings. The summed E-state index contributed by atoms with van der Waals surface area (Å²) in [6.45, 7) is 0. The second-order valence-electron chi connectivity index (χ2n) is 6.83. The van der Waals surface area contributed by atoms with E-state index >= 15 is 0 Å². The molecule has 0 aliphatic rings. The van der Waals surface area contributed by atoms with E-state index in [1.54, 1.807) is 36.4 Å². The van der Waals surface area contributed by atoms with Gasteiger partial charge < -0.3 is 14.8 Å². The molecule has 3 rings (SSSR count). The third-order valence-electron chi connectivity index (χ3n) is 4.54. The van der Waals surface area contributed by atoms with Crippen molar-refractivity contribution in [3.05, 3.63) is 97.0 Å². The molecule has 0 saturated carbocycles. The van der Waals surface area contributed by atoms with Crippen LogP contribution in [-0.4, -0.2) is 23.9 Å². The van der Waals surface area contributed by atoms with Crippen LogP contribution in [0.1, 0.15) is 15.9 Å². The lowest BCUT2D eigenvalue weighted by Gasteiger charge is -2.12. The summed E-state index contributed by atoms with van der Waals surface area (Å²) < 4.78 is 11.1. The minimum Gasteiger partial charge on any atom is -0.493 e. The van der Waals surface area contributed by atoms with Crippen LogP contribution in [0, 0.1) is 21.4 Å². The molecule has 3 aromatic carbocycles. The average Bonchev–Trinajstić information content (AvgIpc) is 2.85. The molecule has 9 nitrogen and oxygen atoms in total. The monoisotopic (exact) mass is 555 g/mol. The van der Waals surface area contributed by atoms with Gasteiger partial charge in [-0.15, -0.1) is 0 Å². The van der Waals surface area contributed by atoms with E-state index in [2.05, 4.69) is 21.2 Å². The molecule has 35 heavy (non-hydrogen) atoms. The number of carbonyl (C=O) groups excluding carboxylic acids is 2. The smallest absolute Gasteiger partial charge is 0.343 e. The lowest BCUT2D eigenvalue weighted by molar-refractivity contribution is -0.384. The van der Waals surface area contributed by atoms with Gasteiger partial charge in [0.05, 0.1) is 32.8 Å². The van der Waals surface area contributed by atoms with Crippen molar-refractivity contribution in [3.63, 3.8) is 0 Å². The van der Waals surface area contributed by atoms with Crippen LogP contribution in [0.15, 0.2) is 70.7 Å².